The van der Waals surface area contributed by atoms with E-state index in [1.54, 1.807) is 25.5 Å². The highest BCUT2D eigenvalue weighted by molar-refractivity contribution is 5.34. The summed E-state index contributed by atoms with van der Waals surface area (Å²) in [6.45, 7) is 3.85. The van der Waals surface area contributed by atoms with E-state index in [2.05, 4.69) is 11.0 Å². The van der Waals surface area contributed by atoms with Crippen LogP contribution in [0.25, 0.3) is 0 Å². The minimum atomic E-state index is 0.632. The molecule has 1 aromatic heterocycles. The van der Waals surface area contributed by atoms with Crippen LogP contribution in [-0.2, 0) is 11.3 Å². The predicted octanol–water partition coefficient (Wildman–Crippen LogP) is 3.07. The lowest BCUT2D eigenvalue weighted by molar-refractivity contribution is 0.134. The Morgan fingerprint density at radius 1 is 1.13 bits per heavy atom. The van der Waals surface area contributed by atoms with Gasteiger partial charge in [-0.25, -0.2) is 0 Å². The lowest BCUT2D eigenvalue weighted by Gasteiger charge is -2.20. The van der Waals surface area contributed by atoms with Gasteiger partial charge in [-0.1, -0.05) is 0 Å². The maximum atomic E-state index is 8.77. The standard InChI is InChI=1S/C18H22N2O3/c1-21-13-10-20(15-18-4-2-11-23-18)9-3-12-22-17-7-5-16(14-19)6-8-17/h2,4-8,11H,3,9-10,12-13,15H2,1H3. The Morgan fingerprint density at radius 2 is 1.96 bits per heavy atom. The number of furan rings is 1. The molecular formula is C18H22N2O3. The Balaban J connectivity index is 1.73. The first-order valence-electron chi connectivity index (χ1n) is 7.68. The van der Waals surface area contributed by atoms with Crippen molar-refractivity contribution in [3.8, 4) is 11.8 Å². The van der Waals surface area contributed by atoms with Crippen LogP contribution in [0.5, 0.6) is 5.75 Å². The number of hydrogen-bond donors (Lipinski definition) is 0. The summed E-state index contributed by atoms with van der Waals surface area (Å²) < 4.78 is 16.3. The fraction of sp³-hybridized carbons (Fsp3) is 0.389. The zero-order valence-corrected chi connectivity index (χ0v) is 13.4. The van der Waals surface area contributed by atoms with Crippen molar-refractivity contribution in [2.24, 2.45) is 0 Å². The number of nitriles is 1. The van der Waals surface area contributed by atoms with Crippen LogP contribution in [0.2, 0.25) is 0 Å². The third-order valence-electron chi connectivity index (χ3n) is 3.44. The van der Waals surface area contributed by atoms with Gasteiger partial charge in [0.1, 0.15) is 11.5 Å². The second-order valence-corrected chi connectivity index (χ2v) is 5.19. The van der Waals surface area contributed by atoms with Gasteiger partial charge in [0.05, 0.1) is 37.7 Å². The van der Waals surface area contributed by atoms with Crippen LogP contribution in [-0.4, -0.2) is 38.3 Å². The highest BCUT2D eigenvalue weighted by Crippen LogP contribution is 2.12. The Morgan fingerprint density at radius 3 is 2.61 bits per heavy atom. The molecule has 0 unspecified atom stereocenters. The van der Waals surface area contributed by atoms with Gasteiger partial charge in [0.15, 0.2) is 0 Å². The topological polar surface area (TPSA) is 58.6 Å². The summed E-state index contributed by atoms with van der Waals surface area (Å²) in [4.78, 5) is 2.28. The fourth-order valence-electron chi connectivity index (χ4n) is 2.22. The molecule has 2 rings (SSSR count). The van der Waals surface area contributed by atoms with E-state index in [1.165, 1.54) is 0 Å². The summed E-state index contributed by atoms with van der Waals surface area (Å²) in [6, 6.07) is 13.1. The molecule has 0 radical (unpaired) electrons. The van der Waals surface area contributed by atoms with Crippen molar-refractivity contribution in [3.05, 3.63) is 54.0 Å². The van der Waals surface area contributed by atoms with E-state index in [4.69, 9.17) is 19.2 Å². The minimum Gasteiger partial charge on any atom is -0.494 e. The molecule has 1 aromatic carbocycles. The third-order valence-corrected chi connectivity index (χ3v) is 3.44. The fourth-order valence-corrected chi connectivity index (χ4v) is 2.22. The van der Waals surface area contributed by atoms with Crippen LogP contribution in [0.3, 0.4) is 0 Å². The molecule has 5 nitrogen and oxygen atoms in total. The van der Waals surface area contributed by atoms with E-state index in [0.29, 0.717) is 18.8 Å². The first kappa shape index (κ1) is 17.1. The molecule has 0 saturated carbocycles. The van der Waals surface area contributed by atoms with E-state index < -0.39 is 0 Å². The second-order valence-electron chi connectivity index (χ2n) is 5.19. The molecule has 23 heavy (non-hydrogen) atoms. The molecule has 5 heteroatoms. The molecule has 0 atom stereocenters. The van der Waals surface area contributed by atoms with Crippen LogP contribution in [0, 0.1) is 11.3 Å². The van der Waals surface area contributed by atoms with Crippen LogP contribution >= 0.6 is 0 Å². The smallest absolute Gasteiger partial charge is 0.119 e. The van der Waals surface area contributed by atoms with Gasteiger partial charge < -0.3 is 13.9 Å². The Bertz CT molecular complexity index is 588. The van der Waals surface area contributed by atoms with Crippen molar-refractivity contribution < 1.29 is 13.9 Å². The number of ether oxygens (including phenoxy) is 2. The number of benzene rings is 1. The van der Waals surface area contributed by atoms with Gasteiger partial charge in [-0.15, -0.1) is 0 Å². The maximum absolute atomic E-state index is 8.77. The van der Waals surface area contributed by atoms with Crippen molar-refractivity contribution in [2.45, 2.75) is 13.0 Å². The molecule has 122 valence electrons. The van der Waals surface area contributed by atoms with Crippen molar-refractivity contribution in [3.63, 3.8) is 0 Å². The maximum Gasteiger partial charge on any atom is 0.119 e. The van der Waals surface area contributed by atoms with Crippen molar-refractivity contribution in [1.29, 1.82) is 5.26 Å². The first-order valence-corrected chi connectivity index (χ1v) is 7.68. The SMILES string of the molecule is COCCN(CCCOc1ccc(C#N)cc1)Cc1ccco1. The second kappa shape index (κ2) is 9.67. The molecule has 0 N–H and O–H groups in total. The largest absolute Gasteiger partial charge is 0.494 e. The highest BCUT2D eigenvalue weighted by Gasteiger charge is 2.07. The Kier molecular flexibility index (Phi) is 7.18. The molecule has 1 heterocycles. The van der Waals surface area contributed by atoms with Gasteiger partial charge in [0.2, 0.25) is 0 Å². The number of rotatable bonds is 10. The molecular weight excluding hydrogens is 292 g/mol. The van der Waals surface area contributed by atoms with Crippen molar-refractivity contribution >= 4 is 0 Å². The molecule has 2 aromatic rings. The molecule has 0 aliphatic heterocycles. The zero-order chi connectivity index (χ0) is 16.3. The minimum absolute atomic E-state index is 0.632. The lowest BCUT2D eigenvalue weighted by atomic mass is 10.2. The molecule has 0 fully saturated rings. The normalized spacial score (nSPS) is 10.7. The van der Waals surface area contributed by atoms with Crippen LogP contribution in [0.1, 0.15) is 17.7 Å². The molecule has 0 spiro atoms. The molecule has 0 amide bonds. The number of methoxy groups -OCH3 is 1. The van der Waals surface area contributed by atoms with E-state index in [9.17, 15) is 0 Å². The average Bonchev–Trinajstić information content (AvgIpc) is 3.09. The van der Waals surface area contributed by atoms with Gasteiger partial charge in [0, 0.05) is 20.2 Å². The Labute approximate surface area is 137 Å². The van der Waals surface area contributed by atoms with Gasteiger partial charge in [0.25, 0.3) is 0 Å². The molecule has 0 aliphatic carbocycles. The monoisotopic (exact) mass is 314 g/mol. The van der Waals surface area contributed by atoms with Crippen molar-refractivity contribution in [2.75, 3.05) is 33.4 Å². The summed E-state index contributed by atoms with van der Waals surface area (Å²) in [6.07, 6.45) is 2.60. The average molecular weight is 314 g/mol. The summed E-state index contributed by atoms with van der Waals surface area (Å²) in [7, 11) is 1.71. The molecule has 0 aliphatic rings. The first-order chi connectivity index (χ1) is 11.3. The van der Waals surface area contributed by atoms with Gasteiger partial charge in [-0.2, -0.15) is 5.26 Å². The quantitative estimate of drug-likeness (QED) is 0.631. The summed E-state index contributed by atoms with van der Waals surface area (Å²) in [5.41, 5.74) is 0.640. The zero-order valence-electron chi connectivity index (χ0n) is 13.4. The number of hydrogen-bond acceptors (Lipinski definition) is 5. The van der Waals surface area contributed by atoms with Gasteiger partial charge in [-0.3, -0.25) is 4.90 Å². The molecule has 0 bridgehead atoms. The van der Waals surface area contributed by atoms with Gasteiger partial charge in [-0.05, 0) is 42.8 Å². The van der Waals surface area contributed by atoms with E-state index >= 15 is 0 Å². The van der Waals surface area contributed by atoms with E-state index in [0.717, 1.165) is 37.6 Å². The lowest BCUT2D eigenvalue weighted by Crippen LogP contribution is -2.28. The summed E-state index contributed by atoms with van der Waals surface area (Å²) in [5.74, 6) is 1.74. The van der Waals surface area contributed by atoms with Crippen molar-refractivity contribution in [1.82, 2.24) is 4.90 Å². The van der Waals surface area contributed by atoms with Crippen LogP contribution < -0.4 is 4.74 Å². The van der Waals surface area contributed by atoms with Gasteiger partial charge >= 0.3 is 0 Å². The van der Waals surface area contributed by atoms with E-state index in [-0.39, 0.29) is 0 Å². The Hall–Kier alpha value is -2.29. The highest BCUT2D eigenvalue weighted by atomic mass is 16.5. The van der Waals surface area contributed by atoms with Crippen LogP contribution in [0.15, 0.2) is 47.1 Å². The van der Waals surface area contributed by atoms with Crippen LogP contribution in [0.4, 0.5) is 0 Å². The predicted molar refractivity (Wildman–Crippen MR) is 87.1 cm³/mol. The summed E-state index contributed by atoms with van der Waals surface area (Å²) >= 11 is 0. The summed E-state index contributed by atoms with van der Waals surface area (Å²) in [5, 5.41) is 8.77. The number of nitrogens with zero attached hydrogens (tertiary/aromatic N) is 2. The van der Waals surface area contributed by atoms with E-state index in [1.807, 2.05) is 24.3 Å². The molecule has 0 saturated heterocycles. The third kappa shape index (κ3) is 6.15.